The molecule has 4 rings (SSSR count). The molecule has 0 bridgehead atoms. The number of ether oxygens (including phenoxy) is 1. The number of piperidine rings is 1. The Labute approximate surface area is 198 Å². The molecule has 0 radical (unpaired) electrons. The van der Waals surface area contributed by atoms with Gasteiger partial charge in [0.15, 0.2) is 0 Å². The van der Waals surface area contributed by atoms with Gasteiger partial charge in [-0.15, -0.1) is 0 Å². The highest BCUT2D eigenvalue weighted by molar-refractivity contribution is 5.96. The first-order valence-corrected chi connectivity index (χ1v) is 11.4. The zero-order chi connectivity index (χ0) is 24.1. The van der Waals surface area contributed by atoms with Crippen LogP contribution in [0.25, 0.3) is 0 Å². The van der Waals surface area contributed by atoms with Gasteiger partial charge in [0.25, 0.3) is 11.8 Å². The Morgan fingerprint density at radius 2 is 1.76 bits per heavy atom. The number of pyridine rings is 1. The van der Waals surface area contributed by atoms with Gasteiger partial charge in [-0.2, -0.15) is 0 Å². The molecule has 0 aliphatic carbocycles. The Morgan fingerprint density at radius 3 is 2.44 bits per heavy atom. The van der Waals surface area contributed by atoms with Gasteiger partial charge in [0, 0.05) is 42.4 Å². The molecule has 34 heavy (non-hydrogen) atoms. The van der Waals surface area contributed by atoms with E-state index in [1.54, 1.807) is 55.6 Å². The molecule has 1 fully saturated rings. The summed E-state index contributed by atoms with van der Waals surface area (Å²) in [6.45, 7) is 3.17. The zero-order valence-corrected chi connectivity index (χ0v) is 19.4. The molecular weight excluding hydrogens is 433 g/mol. The predicted molar refractivity (Wildman–Crippen MR) is 127 cm³/mol. The number of rotatable bonds is 6. The molecule has 2 aromatic carbocycles. The molecule has 7 heteroatoms. The third-order valence-electron chi connectivity index (χ3n) is 6.21. The van der Waals surface area contributed by atoms with Crippen LogP contribution in [0.1, 0.15) is 56.4 Å². The average Bonchev–Trinajstić information content (AvgIpc) is 2.87. The topological polar surface area (TPSA) is 71.5 Å². The second kappa shape index (κ2) is 10.5. The van der Waals surface area contributed by atoms with Crippen molar-refractivity contribution in [3.8, 4) is 5.75 Å². The largest absolute Gasteiger partial charge is 0.497 e. The van der Waals surface area contributed by atoms with Gasteiger partial charge in [0.05, 0.1) is 18.4 Å². The van der Waals surface area contributed by atoms with Crippen LogP contribution in [0.3, 0.4) is 0 Å². The number of aryl methyl sites for hydroxylation is 1. The van der Waals surface area contributed by atoms with Crippen molar-refractivity contribution >= 4 is 11.8 Å². The van der Waals surface area contributed by atoms with E-state index < -0.39 is 0 Å². The van der Waals surface area contributed by atoms with Crippen LogP contribution in [0.5, 0.6) is 5.75 Å². The number of hydrogen-bond acceptors (Lipinski definition) is 4. The summed E-state index contributed by atoms with van der Waals surface area (Å²) >= 11 is 0. The monoisotopic (exact) mass is 461 g/mol. The Hall–Kier alpha value is -3.74. The number of likely N-dealkylation sites (tertiary alicyclic amines) is 1. The summed E-state index contributed by atoms with van der Waals surface area (Å²) in [6.07, 6.45) is 1.43. The highest BCUT2D eigenvalue weighted by Crippen LogP contribution is 2.30. The fourth-order valence-corrected chi connectivity index (χ4v) is 4.26. The van der Waals surface area contributed by atoms with Crippen molar-refractivity contribution < 1.29 is 18.7 Å². The Kier molecular flexibility index (Phi) is 7.21. The minimum absolute atomic E-state index is 0.0128. The molecule has 2 heterocycles. The van der Waals surface area contributed by atoms with Crippen molar-refractivity contribution in [3.63, 3.8) is 0 Å². The lowest BCUT2D eigenvalue weighted by Gasteiger charge is -2.32. The van der Waals surface area contributed by atoms with Crippen LogP contribution in [0, 0.1) is 12.7 Å². The van der Waals surface area contributed by atoms with Crippen molar-refractivity contribution in [3.05, 3.63) is 94.6 Å². The van der Waals surface area contributed by atoms with Crippen LogP contribution in [0.15, 0.2) is 60.7 Å². The molecule has 3 aromatic rings. The number of nitrogens with one attached hydrogen (secondary N) is 1. The summed E-state index contributed by atoms with van der Waals surface area (Å²) in [4.78, 5) is 32.4. The molecule has 176 valence electrons. The van der Waals surface area contributed by atoms with Crippen LogP contribution >= 0.6 is 0 Å². The third-order valence-corrected chi connectivity index (χ3v) is 6.21. The summed E-state index contributed by atoms with van der Waals surface area (Å²) < 4.78 is 19.1. The zero-order valence-electron chi connectivity index (χ0n) is 19.4. The number of nitrogens with zero attached hydrogens (tertiary/aromatic N) is 2. The van der Waals surface area contributed by atoms with Gasteiger partial charge in [-0.05, 0) is 62.2 Å². The number of methoxy groups -OCH3 is 1. The highest BCUT2D eigenvalue weighted by Gasteiger charge is 2.28. The molecule has 1 aromatic heterocycles. The molecular formula is C27H28FN3O3. The maximum absolute atomic E-state index is 13.9. The highest BCUT2D eigenvalue weighted by atomic mass is 19.1. The van der Waals surface area contributed by atoms with Crippen LogP contribution in [-0.4, -0.2) is 41.9 Å². The van der Waals surface area contributed by atoms with Crippen molar-refractivity contribution in [1.82, 2.24) is 15.2 Å². The molecule has 0 spiro atoms. The molecule has 2 amide bonds. The van der Waals surface area contributed by atoms with Crippen LogP contribution in [0.4, 0.5) is 4.39 Å². The van der Waals surface area contributed by atoms with Gasteiger partial charge in [0.1, 0.15) is 11.6 Å². The SMILES string of the molecule is COc1ccc(C(=O)N2CCC(c3nc(C)ccc3C(=O)NCc3ccccc3F)CC2)cc1. The molecule has 0 saturated carbocycles. The maximum atomic E-state index is 13.9. The molecule has 0 unspecified atom stereocenters. The summed E-state index contributed by atoms with van der Waals surface area (Å²) in [5.74, 6) is 0.137. The number of hydrogen-bond donors (Lipinski definition) is 1. The molecule has 1 aliphatic heterocycles. The lowest BCUT2D eigenvalue weighted by molar-refractivity contribution is 0.0710. The van der Waals surface area contributed by atoms with E-state index in [-0.39, 0.29) is 30.1 Å². The number of benzene rings is 2. The van der Waals surface area contributed by atoms with E-state index in [1.165, 1.54) is 6.07 Å². The third kappa shape index (κ3) is 5.25. The standard InChI is InChI=1S/C27H28FN3O3/c1-18-7-12-23(26(32)29-17-21-5-3-4-6-24(21)28)25(30-18)19-13-15-31(16-14-19)27(33)20-8-10-22(34-2)11-9-20/h3-12,19H,13-17H2,1-2H3,(H,29,32). The lowest BCUT2D eigenvalue weighted by Crippen LogP contribution is -2.38. The molecule has 0 atom stereocenters. The summed E-state index contributed by atoms with van der Waals surface area (Å²) in [5, 5.41) is 2.82. The second-order valence-corrected chi connectivity index (χ2v) is 8.45. The summed E-state index contributed by atoms with van der Waals surface area (Å²) in [5.41, 5.74) is 3.13. The van der Waals surface area contributed by atoms with Crippen molar-refractivity contribution in [2.45, 2.75) is 32.2 Å². The molecule has 1 N–H and O–H groups in total. The van der Waals surface area contributed by atoms with E-state index in [9.17, 15) is 14.0 Å². The van der Waals surface area contributed by atoms with Crippen LogP contribution < -0.4 is 10.1 Å². The van der Waals surface area contributed by atoms with Crippen LogP contribution in [0.2, 0.25) is 0 Å². The van der Waals surface area contributed by atoms with Crippen molar-refractivity contribution in [2.24, 2.45) is 0 Å². The van der Waals surface area contributed by atoms with Gasteiger partial charge < -0.3 is 15.0 Å². The van der Waals surface area contributed by atoms with Gasteiger partial charge in [-0.3, -0.25) is 14.6 Å². The normalized spacial score (nSPS) is 14.0. The lowest BCUT2D eigenvalue weighted by atomic mass is 9.89. The number of carbonyl (C=O) groups excluding carboxylic acids is 2. The number of aromatic nitrogens is 1. The average molecular weight is 462 g/mol. The summed E-state index contributed by atoms with van der Waals surface area (Å²) in [6, 6.07) is 17.1. The van der Waals surface area contributed by atoms with Gasteiger partial charge in [-0.25, -0.2) is 4.39 Å². The van der Waals surface area contributed by atoms with E-state index in [4.69, 9.17) is 4.74 Å². The van der Waals surface area contributed by atoms with E-state index in [0.717, 1.165) is 11.4 Å². The Balaban J connectivity index is 1.43. The first-order valence-electron chi connectivity index (χ1n) is 11.4. The van der Waals surface area contributed by atoms with Crippen molar-refractivity contribution in [2.75, 3.05) is 20.2 Å². The first-order chi connectivity index (χ1) is 16.5. The number of amides is 2. The number of carbonyl (C=O) groups is 2. The van der Waals surface area contributed by atoms with Gasteiger partial charge >= 0.3 is 0 Å². The van der Waals surface area contributed by atoms with Crippen LogP contribution in [-0.2, 0) is 6.54 Å². The van der Waals surface area contributed by atoms with E-state index >= 15 is 0 Å². The van der Waals surface area contributed by atoms with Crippen molar-refractivity contribution in [1.29, 1.82) is 0 Å². The fraction of sp³-hybridized carbons (Fsp3) is 0.296. The Bertz CT molecular complexity index is 1170. The minimum Gasteiger partial charge on any atom is -0.497 e. The van der Waals surface area contributed by atoms with E-state index in [0.29, 0.717) is 48.4 Å². The smallest absolute Gasteiger partial charge is 0.253 e. The van der Waals surface area contributed by atoms with E-state index in [2.05, 4.69) is 10.3 Å². The molecule has 1 saturated heterocycles. The quantitative estimate of drug-likeness (QED) is 0.587. The minimum atomic E-state index is -0.348. The van der Waals surface area contributed by atoms with Gasteiger partial charge in [0.2, 0.25) is 0 Å². The second-order valence-electron chi connectivity index (χ2n) is 8.45. The Morgan fingerprint density at radius 1 is 1.06 bits per heavy atom. The molecule has 6 nitrogen and oxygen atoms in total. The number of halogens is 1. The molecule has 1 aliphatic rings. The van der Waals surface area contributed by atoms with E-state index in [1.807, 2.05) is 17.9 Å². The first kappa shape index (κ1) is 23.4. The fourth-order valence-electron chi connectivity index (χ4n) is 4.26. The summed E-state index contributed by atoms with van der Waals surface area (Å²) in [7, 11) is 1.59. The predicted octanol–water partition coefficient (Wildman–Crippen LogP) is 4.49. The van der Waals surface area contributed by atoms with Gasteiger partial charge in [-0.1, -0.05) is 18.2 Å². The maximum Gasteiger partial charge on any atom is 0.253 e.